The minimum Gasteiger partial charge on any atom is -0.497 e. The zero-order valence-electron chi connectivity index (χ0n) is 10.8. The van der Waals surface area contributed by atoms with Crippen molar-refractivity contribution in [2.45, 2.75) is 38.2 Å². The quantitative estimate of drug-likeness (QED) is 0.794. The molecule has 2 nitrogen and oxygen atoms in total. The van der Waals surface area contributed by atoms with Crippen LogP contribution in [-0.2, 0) is 11.2 Å². The highest BCUT2D eigenvalue weighted by Gasteiger charge is 2.24. The Bertz CT molecular complexity index is 349. The Labute approximate surface area is 104 Å². The molecule has 0 spiro atoms. The van der Waals surface area contributed by atoms with Gasteiger partial charge >= 0.3 is 0 Å². The molecule has 94 valence electrons. The van der Waals surface area contributed by atoms with Gasteiger partial charge in [-0.2, -0.15) is 0 Å². The molecule has 17 heavy (non-hydrogen) atoms. The van der Waals surface area contributed by atoms with Crippen LogP contribution in [0.25, 0.3) is 0 Å². The zero-order valence-corrected chi connectivity index (χ0v) is 10.8. The lowest BCUT2D eigenvalue weighted by Crippen LogP contribution is -2.28. The number of ether oxygens (including phenoxy) is 2. The lowest BCUT2D eigenvalue weighted by molar-refractivity contribution is 0.0239. The molecule has 1 fully saturated rings. The van der Waals surface area contributed by atoms with Gasteiger partial charge in [-0.25, -0.2) is 0 Å². The second-order valence-corrected chi connectivity index (χ2v) is 4.87. The van der Waals surface area contributed by atoms with E-state index >= 15 is 0 Å². The number of benzene rings is 1. The summed E-state index contributed by atoms with van der Waals surface area (Å²) in [6.45, 7) is 0. The topological polar surface area (TPSA) is 18.5 Å². The predicted molar refractivity (Wildman–Crippen MR) is 69.5 cm³/mol. The Morgan fingerprint density at radius 2 is 2.00 bits per heavy atom. The molecule has 2 atom stereocenters. The van der Waals surface area contributed by atoms with E-state index in [4.69, 9.17) is 9.47 Å². The molecule has 0 saturated heterocycles. The SMILES string of the molecule is COc1cccc(CC2CCCCC2OC)c1. The summed E-state index contributed by atoms with van der Waals surface area (Å²) in [5.74, 6) is 1.62. The minimum absolute atomic E-state index is 0.440. The summed E-state index contributed by atoms with van der Waals surface area (Å²) in [5, 5.41) is 0. The summed E-state index contributed by atoms with van der Waals surface area (Å²) in [6.07, 6.45) is 6.70. The number of hydrogen-bond acceptors (Lipinski definition) is 2. The maximum Gasteiger partial charge on any atom is 0.119 e. The maximum atomic E-state index is 5.60. The van der Waals surface area contributed by atoms with Gasteiger partial charge in [0.05, 0.1) is 13.2 Å². The molecule has 1 aromatic rings. The van der Waals surface area contributed by atoms with Gasteiger partial charge in [0.2, 0.25) is 0 Å². The van der Waals surface area contributed by atoms with Gasteiger partial charge in [-0.3, -0.25) is 0 Å². The predicted octanol–water partition coefficient (Wildman–Crippen LogP) is 3.44. The van der Waals surface area contributed by atoms with Gasteiger partial charge in [-0.1, -0.05) is 25.0 Å². The van der Waals surface area contributed by atoms with E-state index in [1.165, 1.54) is 31.2 Å². The third-order valence-corrected chi connectivity index (χ3v) is 3.77. The summed E-state index contributed by atoms with van der Waals surface area (Å²) in [4.78, 5) is 0. The molecule has 0 bridgehead atoms. The molecule has 1 saturated carbocycles. The molecule has 0 aliphatic heterocycles. The van der Waals surface area contributed by atoms with Crippen molar-refractivity contribution in [1.29, 1.82) is 0 Å². The second kappa shape index (κ2) is 6.06. The van der Waals surface area contributed by atoms with Gasteiger partial charge in [0.25, 0.3) is 0 Å². The Morgan fingerprint density at radius 1 is 1.18 bits per heavy atom. The molecular weight excluding hydrogens is 212 g/mol. The highest BCUT2D eigenvalue weighted by Crippen LogP contribution is 2.30. The molecule has 1 aromatic carbocycles. The van der Waals surface area contributed by atoms with Crippen LogP contribution in [0, 0.1) is 5.92 Å². The summed E-state index contributed by atoms with van der Waals surface area (Å²) in [5.41, 5.74) is 1.36. The molecule has 1 aliphatic rings. The Morgan fingerprint density at radius 3 is 2.76 bits per heavy atom. The van der Waals surface area contributed by atoms with Crippen molar-refractivity contribution in [1.82, 2.24) is 0 Å². The Kier molecular flexibility index (Phi) is 4.43. The highest BCUT2D eigenvalue weighted by atomic mass is 16.5. The Balaban J connectivity index is 2.02. The minimum atomic E-state index is 0.440. The molecule has 2 rings (SSSR count). The zero-order chi connectivity index (χ0) is 12.1. The van der Waals surface area contributed by atoms with Crippen LogP contribution < -0.4 is 4.74 Å². The van der Waals surface area contributed by atoms with Crippen LogP contribution in [-0.4, -0.2) is 20.3 Å². The van der Waals surface area contributed by atoms with Crippen LogP contribution in [0.3, 0.4) is 0 Å². The molecule has 0 heterocycles. The number of rotatable bonds is 4. The van der Waals surface area contributed by atoms with E-state index in [1.54, 1.807) is 7.11 Å². The van der Waals surface area contributed by atoms with Crippen LogP contribution in [0.4, 0.5) is 0 Å². The molecule has 0 radical (unpaired) electrons. The van der Waals surface area contributed by atoms with Crippen LogP contribution in [0.5, 0.6) is 5.75 Å². The van der Waals surface area contributed by atoms with E-state index in [-0.39, 0.29) is 0 Å². The number of methoxy groups -OCH3 is 2. The van der Waals surface area contributed by atoms with E-state index < -0.39 is 0 Å². The van der Waals surface area contributed by atoms with E-state index in [2.05, 4.69) is 18.2 Å². The molecule has 2 heteroatoms. The van der Waals surface area contributed by atoms with Crippen LogP contribution in [0.1, 0.15) is 31.2 Å². The number of hydrogen-bond donors (Lipinski definition) is 0. The van der Waals surface area contributed by atoms with Gasteiger partial charge in [-0.05, 0) is 42.9 Å². The van der Waals surface area contributed by atoms with Crippen molar-refractivity contribution >= 4 is 0 Å². The normalized spacial score (nSPS) is 24.6. The fraction of sp³-hybridized carbons (Fsp3) is 0.600. The molecule has 1 aliphatic carbocycles. The van der Waals surface area contributed by atoms with E-state index in [9.17, 15) is 0 Å². The first-order valence-corrected chi connectivity index (χ1v) is 6.49. The molecule has 0 N–H and O–H groups in total. The van der Waals surface area contributed by atoms with Crippen LogP contribution in [0.2, 0.25) is 0 Å². The average molecular weight is 234 g/mol. The van der Waals surface area contributed by atoms with Gasteiger partial charge in [-0.15, -0.1) is 0 Å². The summed E-state index contributed by atoms with van der Waals surface area (Å²) in [6, 6.07) is 8.39. The lowest BCUT2D eigenvalue weighted by atomic mass is 9.82. The van der Waals surface area contributed by atoms with Crippen molar-refractivity contribution in [2.75, 3.05) is 14.2 Å². The van der Waals surface area contributed by atoms with Crippen molar-refractivity contribution in [2.24, 2.45) is 5.92 Å². The van der Waals surface area contributed by atoms with Gasteiger partial charge in [0.1, 0.15) is 5.75 Å². The van der Waals surface area contributed by atoms with Crippen molar-refractivity contribution < 1.29 is 9.47 Å². The lowest BCUT2D eigenvalue weighted by Gasteiger charge is -2.30. The molecule has 2 unspecified atom stereocenters. The first-order chi connectivity index (χ1) is 8.33. The van der Waals surface area contributed by atoms with Crippen LogP contribution in [0.15, 0.2) is 24.3 Å². The van der Waals surface area contributed by atoms with Gasteiger partial charge in [0, 0.05) is 7.11 Å². The van der Waals surface area contributed by atoms with Gasteiger partial charge in [0.15, 0.2) is 0 Å². The standard InChI is InChI=1S/C15H22O2/c1-16-14-8-5-6-12(11-14)10-13-7-3-4-9-15(13)17-2/h5-6,8,11,13,15H,3-4,7,9-10H2,1-2H3. The maximum absolute atomic E-state index is 5.60. The van der Waals surface area contributed by atoms with E-state index in [0.717, 1.165) is 12.2 Å². The van der Waals surface area contributed by atoms with Gasteiger partial charge < -0.3 is 9.47 Å². The third kappa shape index (κ3) is 3.22. The van der Waals surface area contributed by atoms with Crippen molar-refractivity contribution in [3.8, 4) is 5.75 Å². The monoisotopic (exact) mass is 234 g/mol. The van der Waals surface area contributed by atoms with E-state index in [0.29, 0.717) is 12.0 Å². The van der Waals surface area contributed by atoms with E-state index in [1.807, 2.05) is 13.2 Å². The molecule has 0 amide bonds. The third-order valence-electron chi connectivity index (χ3n) is 3.77. The highest BCUT2D eigenvalue weighted by molar-refractivity contribution is 5.28. The first kappa shape index (κ1) is 12.4. The molecular formula is C15H22O2. The summed E-state index contributed by atoms with van der Waals surface area (Å²) >= 11 is 0. The molecule has 0 aromatic heterocycles. The van der Waals surface area contributed by atoms with Crippen LogP contribution >= 0.6 is 0 Å². The van der Waals surface area contributed by atoms with Crippen molar-refractivity contribution in [3.05, 3.63) is 29.8 Å². The summed E-state index contributed by atoms with van der Waals surface area (Å²) in [7, 11) is 3.56. The average Bonchev–Trinajstić information content (AvgIpc) is 2.39. The second-order valence-electron chi connectivity index (χ2n) is 4.87. The smallest absolute Gasteiger partial charge is 0.119 e. The first-order valence-electron chi connectivity index (χ1n) is 6.49. The summed E-state index contributed by atoms with van der Waals surface area (Å²) < 4.78 is 10.9. The Hall–Kier alpha value is -1.02. The fourth-order valence-corrected chi connectivity index (χ4v) is 2.82. The largest absolute Gasteiger partial charge is 0.497 e. The van der Waals surface area contributed by atoms with Crippen molar-refractivity contribution in [3.63, 3.8) is 0 Å². The fourth-order valence-electron chi connectivity index (χ4n) is 2.82.